The SMILES string of the molecule is NCCC(=O)c1cccc(SCCF)c1. The average Bonchev–Trinajstić information content (AvgIpc) is 2.27. The van der Waals surface area contributed by atoms with Crippen LogP contribution in [0, 0.1) is 0 Å². The van der Waals surface area contributed by atoms with E-state index in [4.69, 9.17) is 5.73 Å². The molecule has 4 heteroatoms. The number of carbonyl (C=O) groups excluding carboxylic acids is 1. The van der Waals surface area contributed by atoms with Crippen LogP contribution >= 0.6 is 11.8 Å². The molecule has 0 atom stereocenters. The van der Waals surface area contributed by atoms with Crippen LogP contribution in [0.25, 0.3) is 0 Å². The molecule has 1 aromatic rings. The van der Waals surface area contributed by atoms with Gasteiger partial charge in [-0.15, -0.1) is 11.8 Å². The Morgan fingerprint density at radius 2 is 2.27 bits per heavy atom. The Bertz CT molecular complexity index is 330. The van der Waals surface area contributed by atoms with Gasteiger partial charge in [-0.3, -0.25) is 9.18 Å². The Morgan fingerprint density at radius 1 is 1.47 bits per heavy atom. The van der Waals surface area contributed by atoms with Crippen LogP contribution in [0.4, 0.5) is 4.39 Å². The summed E-state index contributed by atoms with van der Waals surface area (Å²) in [5.41, 5.74) is 5.97. The molecule has 1 rings (SSSR count). The summed E-state index contributed by atoms with van der Waals surface area (Å²) in [6.07, 6.45) is 0.358. The predicted octanol–water partition coefficient (Wildman–Crippen LogP) is 2.28. The third-order valence-electron chi connectivity index (χ3n) is 1.87. The summed E-state index contributed by atoms with van der Waals surface area (Å²) in [6, 6.07) is 7.24. The van der Waals surface area contributed by atoms with Gasteiger partial charge in [0.25, 0.3) is 0 Å². The van der Waals surface area contributed by atoms with Crippen LogP contribution in [0.15, 0.2) is 29.2 Å². The van der Waals surface area contributed by atoms with Crippen molar-refractivity contribution in [1.29, 1.82) is 0 Å². The van der Waals surface area contributed by atoms with Crippen molar-refractivity contribution in [3.63, 3.8) is 0 Å². The number of alkyl halides is 1. The van der Waals surface area contributed by atoms with Crippen LogP contribution in [0.2, 0.25) is 0 Å². The number of ketones is 1. The highest BCUT2D eigenvalue weighted by Gasteiger charge is 2.05. The van der Waals surface area contributed by atoms with Gasteiger partial charge in [-0.05, 0) is 18.7 Å². The summed E-state index contributed by atoms with van der Waals surface area (Å²) in [4.78, 5) is 12.4. The average molecular weight is 227 g/mol. The second kappa shape index (κ2) is 6.58. The molecule has 0 fully saturated rings. The van der Waals surface area contributed by atoms with E-state index >= 15 is 0 Å². The van der Waals surface area contributed by atoms with Crippen molar-refractivity contribution in [2.24, 2.45) is 5.73 Å². The minimum Gasteiger partial charge on any atom is -0.330 e. The lowest BCUT2D eigenvalue weighted by molar-refractivity contribution is 0.0985. The molecule has 0 spiro atoms. The number of halogens is 1. The molecule has 82 valence electrons. The quantitative estimate of drug-likeness (QED) is 0.599. The van der Waals surface area contributed by atoms with Crippen molar-refractivity contribution >= 4 is 17.5 Å². The van der Waals surface area contributed by atoms with E-state index in [1.54, 1.807) is 12.1 Å². The molecule has 0 unspecified atom stereocenters. The van der Waals surface area contributed by atoms with Crippen molar-refractivity contribution in [2.75, 3.05) is 19.0 Å². The fraction of sp³-hybridized carbons (Fsp3) is 0.364. The van der Waals surface area contributed by atoms with Crippen LogP contribution in [-0.2, 0) is 0 Å². The summed E-state index contributed by atoms with van der Waals surface area (Å²) in [7, 11) is 0. The molecule has 0 heterocycles. The van der Waals surface area contributed by atoms with Crippen LogP contribution < -0.4 is 5.73 Å². The lowest BCUT2D eigenvalue weighted by Gasteiger charge is -2.02. The monoisotopic (exact) mass is 227 g/mol. The molecule has 0 aliphatic carbocycles. The van der Waals surface area contributed by atoms with E-state index in [9.17, 15) is 9.18 Å². The highest BCUT2D eigenvalue weighted by atomic mass is 32.2. The number of thioether (sulfide) groups is 1. The minimum absolute atomic E-state index is 0.0419. The Balaban J connectivity index is 2.69. The summed E-state index contributed by atoms with van der Waals surface area (Å²) in [5, 5.41) is 0. The smallest absolute Gasteiger partial charge is 0.164 e. The number of hydrogen-bond donors (Lipinski definition) is 1. The lowest BCUT2D eigenvalue weighted by atomic mass is 10.1. The predicted molar refractivity (Wildman–Crippen MR) is 61.1 cm³/mol. The second-order valence-corrected chi connectivity index (χ2v) is 4.20. The molecule has 1 aromatic carbocycles. The van der Waals surface area contributed by atoms with E-state index in [1.165, 1.54) is 11.8 Å². The van der Waals surface area contributed by atoms with Gasteiger partial charge < -0.3 is 5.73 Å². The van der Waals surface area contributed by atoms with Gasteiger partial charge in [0.2, 0.25) is 0 Å². The summed E-state index contributed by atoms with van der Waals surface area (Å²) < 4.78 is 12.0. The van der Waals surface area contributed by atoms with Gasteiger partial charge in [0, 0.05) is 22.6 Å². The normalized spacial score (nSPS) is 10.3. The van der Waals surface area contributed by atoms with Crippen molar-refractivity contribution in [3.05, 3.63) is 29.8 Å². The third kappa shape index (κ3) is 4.01. The Hall–Kier alpha value is -0.870. The molecule has 0 saturated heterocycles. The standard InChI is InChI=1S/C11H14FNOS/c12-5-7-15-10-3-1-2-9(8-10)11(14)4-6-13/h1-3,8H,4-7,13H2. The third-order valence-corrected chi connectivity index (χ3v) is 2.82. The van der Waals surface area contributed by atoms with E-state index in [0.717, 1.165) is 4.90 Å². The zero-order chi connectivity index (χ0) is 11.1. The van der Waals surface area contributed by atoms with Crippen LogP contribution in [0.1, 0.15) is 16.8 Å². The Labute approximate surface area is 93.0 Å². The van der Waals surface area contributed by atoms with E-state index in [0.29, 0.717) is 24.3 Å². The number of benzene rings is 1. The first-order valence-corrected chi connectivity index (χ1v) is 5.78. The molecular formula is C11H14FNOS. The summed E-state index contributed by atoms with van der Waals surface area (Å²) >= 11 is 1.41. The lowest BCUT2D eigenvalue weighted by Crippen LogP contribution is -2.07. The molecule has 15 heavy (non-hydrogen) atoms. The van der Waals surface area contributed by atoms with Gasteiger partial charge in [-0.1, -0.05) is 12.1 Å². The van der Waals surface area contributed by atoms with Crippen LogP contribution in [0.3, 0.4) is 0 Å². The van der Waals surface area contributed by atoms with Gasteiger partial charge in [-0.25, -0.2) is 0 Å². The first-order valence-electron chi connectivity index (χ1n) is 4.80. The van der Waals surface area contributed by atoms with Gasteiger partial charge in [-0.2, -0.15) is 0 Å². The first-order chi connectivity index (χ1) is 7.27. The van der Waals surface area contributed by atoms with Gasteiger partial charge in [0.05, 0.1) is 6.67 Å². The van der Waals surface area contributed by atoms with E-state index in [1.807, 2.05) is 12.1 Å². The van der Waals surface area contributed by atoms with Gasteiger partial charge in [0.15, 0.2) is 5.78 Å². The van der Waals surface area contributed by atoms with E-state index in [2.05, 4.69) is 0 Å². The number of Topliss-reactive ketones (excluding diaryl/α,β-unsaturated/α-hetero) is 1. The topological polar surface area (TPSA) is 43.1 Å². The van der Waals surface area contributed by atoms with Crippen LogP contribution in [-0.4, -0.2) is 24.8 Å². The molecule has 2 N–H and O–H groups in total. The minimum atomic E-state index is -0.356. The van der Waals surface area contributed by atoms with E-state index < -0.39 is 0 Å². The molecule has 2 nitrogen and oxygen atoms in total. The number of carbonyl (C=O) groups is 1. The molecule has 0 saturated carbocycles. The highest BCUT2D eigenvalue weighted by molar-refractivity contribution is 7.99. The first kappa shape index (κ1) is 12.2. The molecule has 0 bridgehead atoms. The van der Waals surface area contributed by atoms with Crippen molar-refractivity contribution in [2.45, 2.75) is 11.3 Å². The van der Waals surface area contributed by atoms with Gasteiger partial charge >= 0.3 is 0 Å². The molecule has 0 aromatic heterocycles. The van der Waals surface area contributed by atoms with Gasteiger partial charge in [0.1, 0.15) is 0 Å². The maximum Gasteiger partial charge on any atom is 0.164 e. The second-order valence-electron chi connectivity index (χ2n) is 3.03. The molecule has 0 aliphatic rings. The number of rotatable bonds is 6. The Morgan fingerprint density at radius 3 is 2.93 bits per heavy atom. The zero-order valence-electron chi connectivity index (χ0n) is 8.41. The maximum atomic E-state index is 12.0. The van der Waals surface area contributed by atoms with Crippen molar-refractivity contribution in [3.8, 4) is 0 Å². The van der Waals surface area contributed by atoms with Crippen LogP contribution in [0.5, 0.6) is 0 Å². The van der Waals surface area contributed by atoms with Crippen molar-refractivity contribution < 1.29 is 9.18 Å². The Kier molecular flexibility index (Phi) is 5.36. The molecule has 0 aliphatic heterocycles. The number of hydrogen-bond acceptors (Lipinski definition) is 3. The molecule has 0 amide bonds. The number of nitrogens with two attached hydrogens (primary N) is 1. The van der Waals surface area contributed by atoms with Crippen molar-refractivity contribution in [1.82, 2.24) is 0 Å². The molecular weight excluding hydrogens is 213 g/mol. The fourth-order valence-electron chi connectivity index (χ4n) is 1.19. The highest BCUT2D eigenvalue weighted by Crippen LogP contribution is 2.19. The summed E-state index contributed by atoms with van der Waals surface area (Å²) in [5.74, 6) is 0.467. The zero-order valence-corrected chi connectivity index (χ0v) is 9.23. The van der Waals surface area contributed by atoms with E-state index in [-0.39, 0.29) is 12.5 Å². The fourth-order valence-corrected chi connectivity index (χ4v) is 1.89. The maximum absolute atomic E-state index is 12.0. The molecule has 0 radical (unpaired) electrons. The largest absolute Gasteiger partial charge is 0.330 e. The summed E-state index contributed by atoms with van der Waals surface area (Å²) in [6.45, 7) is 0.00627.